The van der Waals surface area contributed by atoms with Gasteiger partial charge in [0.15, 0.2) is 10.1 Å². The first kappa shape index (κ1) is 12.3. The number of nitrogens with zero attached hydrogens (tertiary/aromatic N) is 3. The summed E-state index contributed by atoms with van der Waals surface area (Å²) in [6.45, 7) is 3.01. The quantitative estimate of drug-likeness (QED) is 0.808. The molecule has 0 atom stereocenters. The Kier molecular flexibility index (Phi) is 3.52. The number of benzene rings is 1. The Hall–Kier alpha value is -1.79. The van der Waals surface area contributed by atoms with Crippen molar-refractivity contribution in [1.29, 1.82) is 0 Å². The smallest absolute Gasteiger partial charge is 0.190 e. The van der Waals surface area contributed by atoms with E-state index in [1.165, 1.54) is 11.3 Å². The first-order chi connectivity index (χ1) is 9.38. The molecular weight excluding hydrogens is 262 g/mol. The van der Waals surface area contributed by atoms with E-state index < -0.39 is 0 Å². The summed E-state index contributed by atoms with van der Waals surface area (Å²) < 4.78 is 5.32. The van der Waals surface area contributed by atoms with Gasteiger partial charge in [0.1, 0.15) is 5.69 Å². The van der Waals surface area contributed by atoms with Crippen LogP contribution < -0.4 is 4.90 Å². The van der Waals surface area contributed by atoms with Crippen LogP contribution in [0.3, 0.4) is 0 Å². The van der Waals surface area contributed by atoms with E-state index >= 15 is 0 Å². The number of hydrogen-bond donors (Lipinski definition) is 0. The Morgan fingerprint density at radius 1 is 1.21 bits per heavy atom. The summed E-state index contributed by atoms with van der Waals surface area (Å²) in [4.78, 5) is 17.7. The molecule has 2 aromatic rings. The van der Waals surface area contributed by atoms with Crippen LogP contribution in [0, 0.1) is 4.91 Å². The number of rotatable bonds is 3. The summed E-state index contributed by atoms with van der Waals surface area (Å²) in [5.74, 6) is 0. The van der Waals surface area contributed by atoms with Crippen LogP contribution in [0.5, 0.6) is 0 Å². The maximum atomic E-state index is 11.0. The molecule has 0 spiro atoms. The molecule has 0 unspecified atom stereocenters. The fraction of sp³-hybridized carbons (Fsp3) is 0.308. The van der Waals surface area contributed by atoms with Crippen LogP contribution in [0.1, 0.15) is 0 Å². The topological polar surface area (TPSA) is 54.8 Å². The fourth-order valence-corrected chi connectivity index (χ4v) is 2.96. The van der Waals surface area contributed by atoms with Gasteiger partial charge in [-0.1, -0.05) is 41.7 Å². The van der Waals surface area contributed by atoms with E-state index in [0.29, 0.717) is 23.9 Å². The van der Waals surface area contributed by atoms with E-state index in [-0.39, 0.29) is 0 Å². The van der Waals surface area contributed by atoms with Crippen molar-refractivity contribution in [3.05, 3.63) is 35.2 Å². The van der Waals surface area contributed by atoms with Gasteiger partial charge in [0.2, 0.25) is 0 Å². The summed E-state index contributed by atoms with van der Waals surface area (Å²) >= 11 is 1.34. The predicted octanol–water partition coefficient (Wildman–Crippen LogP) is 3.04. The molecule has 1 aliphatic heterocycles. The van der Waals surface area contributed by atoms with Crippen LogP contribution >= 0.6 is 11.3 Å². The normalized spacial score (nSPS) is 15.5. The standard InChI is InChI=1S/C13H13N3O2S/c17-15-12-11(10-4-2-1-3-5-10)14-13(19-12)16-6-8-18-9-7-16/h1-5H,6-9H2. The van der Waals surface area contributed by atoms with Crippen molar-refractivity contribution in [2.24, 2.45) is 5.18 Å². The number of anilines is 1. The Balaban J connectivity index is 1.96. The second-order valence-corrected chi connectivity index (χ2v) is 5.16. The second kappa shape index (κ2) is 5.46. The van der Waals surface area contributed by atoms with Gasteiger partial charge in [-0.15, -0.1) is 4.91 Å². The monoisotopic (exact) mass is 275 g/mol. The minimum atomic E-state index is 0.438. The minimum Gasteiger partial charge on any atom is -0.378 e. The lowest BCUT2D eigenvalue weighted by atomic mass is 10.2. The number of hydrogen-bond acceptors (Lipinski definition) is 6. The predicted molar refractivity (Wildman–Crippen MR) is 76.0 cm³/mol. The SMILES string of the molecule is O=Nc1sc(N2CCOCC2)nc1-c1ccccc1. The first-order valence-electron chi connectivity index (χ1n) is 6.11. The average Bonchev–Trinajstić information content (AvgIpc) is 2.93. The van der Waals surface area contributed by atoms with Gasteiger partial charge in [-0.05, 0) is 5.18 Å². The number of aromatic nitrogens is 1. The maximum absolute atomic E-state index is 11.0. The fourth-order valence-electron chi connectivity index (χ4n) is 2.04. The van der Waals surface area contributed by atoms with Crippen molar-refractivity contribution in [3.8, 4) is 11.3 Å². The summed E-state index contributed by atoms with van der Waals surface area (Å²) in [7, 11) is 0. The number of thiazole rings is 1. The molecule has 3 rings (SSSR count). The van der Waals surface area contributed by atoms with E-state index in [9.17, 15) is 4.91 Å². The molecule has 0 radical (unpaired) electrons. The Labute approximate surface area is 114 Å². The van der Waals surface area contributed by atoms with Crippen LogP contribution in [0.15, 0.2) is 35.5 Å². The van der Waals surface area contributed by atoms with Crippen LogP contribution in [0.2, 0.25) is 0 Å². The molecule has 1 aromatic carbocycles. The molecule has 2 heterocycles. The highest BCUT2D eigenvalue weighted by atomic mass is 32.1. The van der Waals surface area contributed by atoms with Crippen LogP contribution in [0.25, 0.3) is 11.3 Å². The van der Waals surface area contributed by atoms with Crippen molar-refractivity contribution in [1.82, 2.24) is 4.98 Å². The molecule has 0 N–H and O–H groups in total. The van der Waals surface area contributed by atoms with Crippen molar-refractivity contribution < 1.29 is 4.74 Å². The van der Waals surface area contributed by atoms with Gasteiger partial charge in [0, 0.05) is 18.7 Å². The van der Waals surface area contributed by atoms with Crippen LogP contribution in [-0.4, -0.2) is 31.3 Å². The van der Waals surface area contributed by atoms with E-state index in [0.717, 1.165) is 23.8 Å². The third-order valence-corrected chi connectivity index (χ3v) is 4.00. The number of ether oxygens (including phenoxy) is 1. The molecule has 1 saturated heterocycles. The molecular formula is C13H13N3O2S. The average molecular weight is 275 g/mol. The molecule has 19 heavy (non-hydrogen) atoms. The van der Waals surface area contributed by atoms with Gasteiger partial charge in [-0.25, -0.2) is 4.98 Å². The summed E-state index contributed by atoms with van der Waals surface area (Å²) in [5, 5.41) is 4.39. The van der Waals surface area contributed by atoms with Crippen molar-refractivity contribution in [3.63, 3.8) is 0 Å². The van der Waals surface area contributed by atoms with Crippen molar-refractivity contribution >= 4 is 21.5 Å². The molecule has 1 fully saturated rings. The minimum absolute atomic E-state index is 0.438. The van der Waals surface area contributed by atoms with Gasteiger partial charge in [-0.2, -0.15) is 0 Å². The zero-order valence-corrected chi connectivity index (χ0v) is 11.1. The first-order valence-corrected chi connectivity index (χ1v) is 6.92. The highest BCUT2D eigenvalue weighted by Gasteiger charge is 2.19. The molecule has 0 bridgehead atoms. The lowest BCUT2D eigenvalue weighted by Gasteiger charge is -2.25. The molecule has 5 nitrogen and oxygen atoms in total. The van der Waals surface area contributed by atoms with Crippen molar-refractivity contribution in [2.75, 3.05) is 31.2 Å². The Morgan fingerprint density at radius 2 is 1.95 bits per heavy atom. The summed E-state index contributed by atoms with van der Waals surface area (Å²) in [6.07, 6.45) is 0. The summed E-state index contributed by atoms with van der Waals surface area (Å²) in [6, 6.07) is 9.67. The molecule has 0 aliphatic carbocycles. The zero-order valence-electron chi connectivity index (χ0n) is 10.3. The third kappa shape index (κ3) is 2.50. The highest BCUT2D eigenvalue weighted by Crippen LogP contribution is 2.39. The van der Waals surface area contributed by atoms with Crippen LogP contribution in [0.4, 0.5) is 10.1 Å². The second-order valence-electron chi connectivity index (χ2n) is 4.21. The Bertz CT molecular complexity index is 565. The summed E-state index contributed by atoms with van der Waals surface area (Å²) in [5.41, 5.74) is 1.59. The highest BCUT2D eigenvalue weighted by molar-refractivity contribution is 7.19. The van der Waals surface area contributed by atoms with Crippen molar-refractivity contribution in [2.45, 2.75) is 0 Å². The molecule has 98 valence electrons. The van der Waals surface area contributed by atoms with Gasteiger partial charge in [-0.3, -0.25) is 0 Å². The number of morpholine rings is 1. The van der Waals surface area contributed by atoms with Gasteiger partial charge in [0.05, 0.1) is 13.2 Å². The number of nitroso groups, excluding NO2 is 1. The zero-order chi connectivity index (χ0) is 13.1. The lowest BCUT2D eigenvalue weighted by molar-refractivity contribution is 0.122. The lowest BCUT2D eigenvalue weighted by Crippen LogP contribution is -2.36. The van der Waals surface area contributed by atoms with E-state index in [4.69, 9.17) is 4.74 Å². The van der Waals surface area contributed by atoms with Gasteiger partial charge in [0.25, 0.3) is 0 Å². The molecule has 0 saturated carbocycles. The van der Waals surface area contributed by atoms with Crippen LogP contribution in [-0.2, 0) is 4.74 Å². The Morgan fingerprint density at radius 3 is 2.63 bits per heavy atom. The largest absolute Gasteiger partial charge is 0.378 e. The van der Waals surface area contributed by atoms with E-state index in [1.54, 1.807) is 0 Å². The molecule has 1 aromatic heterocycles. The molecule has 1 aliphatic rings. The van der Waals surface area contributed by atoms with E-state index in [2.05, 4.69) is 15.1 Å². The molecule has 0 amide bonds. The molecule has 6 heteroatoms. The van der Waals surface area contributed by atoms with E-state index in [1.807, 2.05) is 30.3 Å². The maximum Gasteiger partial charge on any atom is 0.190 e. The van der Waals surface area contributed by atoms with Gasteiger partial charge >= 0.3 is 0 Å². The third-order valence-electron chi connectivity index (χ3n) is 3.01. The van der Waals surface area contributed by atoms with Gasteiger partial charge < -0.3 is 9.64 Å².